The molecule has 4 heterocycles. The van der Waals surface area contributed by atoms with Gasteiger partial charge in [0.15, 0.2) is 11.6 Å². The lowest BCUT2D eigenvalue weighted by molar-refractivity contribution is 0.473. The number of hydrogen-bond acceptors (Lipinski definition) is 8. The number of hydrogen-bond donors (Lipinski definition) is 1. The van der Waals surface area contributed by atoms with Gasteiger partial charge >= 0.3 is 0 Å². The molecule has 0 amide bonds. The summed E-state index contributed by atoms with van der Waals surface area (Å²) in [5.41, 5.74) is 2.88. The Morgan fingerprint density at radius 3 is 2.64 bits per heavy atom. The standard InChI is InChI=1S/C23H13ClF2N4O4S2/c24-16-7-21(36(31,32)30-22-11-35-12-29-22)17(25)8-19(16)34-20-9-28-18(14-2-1-4-27-23(14)26)6-15(20)13-3-5-33-10-13/h1-12,30H. The average molecular weight is 547 g/mol. The summed E-state index contributed by atoms with van der Waals surface area (Å²) in [6, 6.07) is 8.09. The molecule has 1 aromatic carbocycles. The van der Waals surface area contributed by atoms with Crippen LogP contribution >= 0.6 is 22.9 Å². The zero-order valence-electron chi connectivity index (χ0n) is 17.9. The van der Waals surface area contributed by atoms with Crippen LogP contribution in [-0.4, -0.2) is 23.4 Å². The molecule has 5 rings (SSSR count). The molecule has 4 aromatic heterocycles. The Labute approximate surface area is 212 Å². The van der Waals surface area contributed by atoms with Crippen molar-refractivity contribution in [1.29, 1.82) is 0 Å². The minimum absolute atomic E-state index is 0.0526. The third-order valence-corrected chi connectivity index (χ3v) is 7.15. The van der Waals surface area contributed by atoms with Crippen molar-refractivity contribution in [3.8, 4) is 33.9 Å². The van der Waals surface area contributed by atoms with Crippen LogP contribution in [-0.2, 0) is 10.0 Å². The highest BCUT2D eigenvalue weighted by atomic mass is 35.5. The van der Waals surface area contributed by atoms with Crippen molar-refractivity contribution < 1.29 is 26.4 Å². The van der Waals surface area contributed by atoms with Crippen LogP contribution in [0.2, 0.25) is 5.02 Å². The number of pyridine rings is 2. The number of furan rings is 1. The van der Waals surface area contributed by atoms with Gasteiger partial charge < -0.3 is 9.15 Å². The summed E-state index contributed by atoms with van der Waals surface area (Å²) in [6.07, 6.45) is 5.51. The second-order valence-corrected chi connectivity index (χ2v) is 9.99. The second-order valence-electron chi connectivity index (χ2n) is 7.21. The molecule has 0 aliphatic carbocycles. The molecule has 0 aliphatic heterocycles. The maximum absolute atomic E-state index is 14.9. The molecular formula is C23H13ClF2N4O4S2. The second kappa shape index (κ2) is 9.64. The third-order valence-electron chi connectivity index (χ3n) is 4.90. The van der Waals surface area contributed by atoms with Crippen LogP contribution in [0.1, 0.15) is 0 Å². The lowest BCUT2D eigenvalue weighted by Gasteiger charge is -2.14. The van der Waals surface area contributed by atoms with Gasteiger partial charge in [-0.25, -0.2) is 22.8 Å². The van der Waals surface area contributed by atoms with Gasteiger partial charge in [0.05, 0.1) is 40.5 Å². The molecule has 13 heteroatoms. The first-order chi connectivity index (χ1) is 17.3. The highest BCUT2D eigenvalue weighted by Crippen LogP contribution is 2.39. The van der Waals surface area contributed by atoms with E-state index in [-0.39, 0.29) is 33.6 Å². The predicted molar refractivity (Wildman–Crippen MR) is 130 cm³/mol. The maximum atomic E-state index is 14.9. The number of thiazole rings is 1. The molecule has 0 radical (unpaired) electrons. The van der Waals surface area contributed by atoms with Crippen molar-refractivity contribution in [2.24, 2.45) is 0 Å². The van der Waals surface area contributed by atoms with E-state index >= 15 is 0 Å². The molecule has 8 nitrogen and oxygen atoms in total. The van der Waals surface area contributed by atoms with Gasteiger partial charge in [-0.05, 0) is 30.3 Å². The summed E-state index contributed by atoms with van der Waals surface area (Å²) in [4.78, 5) is 11.0. The molecule has 0 saturated carbocycles. The van der Waals surface area contributed by atoms with E-state index in [0.29, 0.717) is 11.1 Å². The lowest BCUT2D eigenvalue weighted by Crippen LogP contribution is -2.15. The van der Waals surface area contributed by atoms with Crippen LogP contribution in [0.4, 0.5) is 14.6 Å². The van der Waals surface area contributed by atoms with Crippen molar-refractivity contribution in [3.63, 3.8) is 0 Å². The van der Waals surface area contributed by atoms with E-state index in [0.717, 1.165) is 12.1 Å². The topological polar surface area (TPSA) is 107 Å². The molecule has 182 valence electrons. The minimum Gasteiger partial charge on any atom is -0.472 e. The molecule has 0 aliphatic rings. The highest BCUT2D eigenvalue weighted by molar-refractivity contribution is 7.92. The SMILES string of the molecule is O=S(=O)(Nc1cscn1)c1cc(Cl)c(Oc2cnc(-c3cccnc3F)cc2-c2ccoc2)cc1F. The van der Waals surface area contributed by atoms with Crippen LogP contribution in [0, 0.1) is 11.8 Å². The number of nitrogens with one attached hydrogen (secondary N) is 1. The van der Waals surface area contributed by atoms with Crippen LogP contribution in [0.3, 0.4) is 0 Å². The molecule has 0 bridgehead atoms. The number of halogens is 3. The normalized spacial score (nSPS) is 11.4. The van der Waals surface area contributed by atoms with Gasteiger partial charge in [0, 0.05) is 28.8 Å². The molecule has 5 aromatic rings. The Balaban J connectivity index is 1.52. The number of benzene rings is 1. The third kappa shape index (κ3) is 4.78. The fraction of sp³-hybridized carbons (Fsp3) is 0. The fourth-order valence-electron chi connectivity index (χ4n) is 3.26. The molecule has 1 N–H and O–H groups in total. The van der Waals surface area contributed by atoms with Gasteiger partial charge in [-0.3, -0.25) is 9.71 Å². The first kappa shape index (κ1) is 23.9. The monoisotopic (exact) mass is 546 g/mol. The van der Waals surface area contributed by atoms with Gasteiger partial charge in [0.1, 0.15) is 16.5 Å². The highest BCUT2D eigenvalue weighted by Gasteiger charge is 2.24. The first-order valence-corrected chi connectivity index (χ1v) is 12.8. The van der Waals surface area contributed by atoms with Crippen molar-refractivity contribution in [3.05, 3.63) is 89.0 Å². The summed E-state index contributed by atoms with van der Waals surface area (Å²) < 4.78 is 67.5. The predicted octanol–water partition coefficient (Wildman–Crippen LogP) is 6.38. The van der Waals surface area contributed by atoms with E-state index in [4.69, 9.17) is 20.8 Å². The quantitative estimate of drug-likeness (QED) is 0.236. The lowest BCUT2D eigenvalue weighted by atomic mass is 10.1. The van der Waals surface area contributed by atoms with Gasteiger partial charge in [0.2, 0.25) is 5.95 Å². The number of aromatic nitrogens is 3. The van der Waals surface area contributed by atoms with E-state index in [1.807, 2.05) is 0 Å². The Hall–Kier alpha value is -3.87. The van der Waals surface area contributed by atoms with E-state index in [2.05, 4.69) is 19.7 Å². The van der Waals surface area contributed by atoms with Gasteiger partial charge in [-0.1, -0.05) is 11.6 Å². The number of nitrogens with zero attached hydrogens (tertiary/aromatic N) is 3. The summed E-state index contributed by atoms with van der Waals surface area (Å²) in [5, 5.41) is 1.29. The van der Waals surface area contributed by atoms with E-state index in [1.165, 1.54) is 53.2 Å². The Morgan fingerprint density at radius 1 is 1.06 bits per heavy atom. The van der Waals surface area contributed by atoms with Crippen molar-refractivity contribution in [1.82, 2.24) is 15.0 Å². The molecule has 0 spiro atoms. The molecule has 36 heavy (non-hydrogen) atoms. The molecule has 0 fully saturated rings. The van der Waals surface area contributed by atoms with Gasteiger partial charge in [0.25, 0.3) is 10.0 Å². The van der Waals surface area contributed by atoms with Gasteiger partial charge in [-0.2, -0.15) is 4.39 Å². The van der Waals surface area contributed by atoms with Crippen LogP contribution < -0.4 is 9.46 Å². The van der Waals surface area contributed by atoms with Gasteiger partial charge in [-0.15, -0.1) is 11.3 Å². The van der Waals surface area contributed by atoms with Crippen molar-refractivity contribution >= 4 is 38.8 Å². The van der Waals surface area contributed by atoms with Crippen LogP contribution in [0.25, 0.3) is 22.4 Å². The van der Waals surface area contributed by atoms with E-state index in [1.54, 1.807) is 18.2 Å². The van der Waals surface area contributed by atoms with E-state index < -0.39 is 26.7 Å². The van der Waals surface area contributed by atoms with Crippen LogP contribution in [0.5, 0.6) is 11.5 Å². The smallest absolute Gasteiger partial charge is 0.266 e. The summed E-state index contributed by atoms with van der Waals surface area (Å²) >= 11 is 7.44. The Morgan fingerprint density at radius 2 is 1.92 bits per heavy atom. The number of sulfonamides is 1. The molecule has 0 saturated heterocycles. The Kier molecular flexibility index (Phi) is 6.39. The zero-order valence-corrected chi connectivity index (χ0v) is 20.2. The zero-order chi connectivity index (χ0) is 25.3. The molecule has 0 atom stereocenters. The Bertz CT molecular complexity index is 1650. The largest absolute Gasteiger partial charge is 0.472 e. The van der Waals surface area contributed by atoms with Crippen molar-refractivity contribution in [2.45, 2.75) is 4.90 Å². The number of anilines is 1. The van der Waals surface area contributed by atoms with E-state index in [9.17, 15) is 17.2 Å². The van der Waals surface area contributed by atoms with Crippen molar-refractivity contribution in [2.75, 3.05) is 4.72 Å². The number of rotatable bonds is 7. The van der Waals surface area contributed by atoms with Crippen LogP contribution in [0.15, 0.2) is 81.5 Å². The molecular weight excluding hydrogens is 534 g/mol. The number of ether oxygens (including phenoxy) is 1. The minimum atomic E-state index is -4.30. The summed E-state index contributed by atoms with van der Waals surface area (Å²) in [7, 11) is -4.30. The fourth-order valence-corrected chi connectivity index (χ4v) is 5.17. The average Bonchev–Trinajstić information content (AvgIpc) is 3.56. The first-order valence-electron chi connectivity index (χ1n) is 10.0. The molecule has 0 unspecified atom stereocenters. The maximum Gasteiger partial charge on any atom is 0.266 e. The summed E-state index contributed by atoms with van der Waals surface area (Å²) in [6.45, 7) is 0. The summed E-state index contributed by atoms with van der Waals surface area (Å²) in [5.74, 6) is -1.76.